The highest BCUT2D eigenvalue weighted by Gasteiger charge is 2.42. The summed E-state index contributed by atoms with van der Waals surface area (Å²) < 4.78 is 0. The van der Waals surface area contributed by atoms with Gasteiger partial charge in [0.05, 0.1) is 5.41 Å². The van der Waals surface area contributed by atoms with E-state index in [-0.39, 0.29) is 17.7 Å². The molecule has 2 rings (SSSR count). The zero-order valence-corrected chi connectivity index (χ0v) is 11.6. The fourth-order valence-electron chi connectivity index (χ4n) is 3.48. The van der Waals surface area contributed by atoms with Crippen molar-refractivity contribution in [2.45, 2.75) is 39.0 Å². The smallest absolute Gasteiger partial charge is 0.311 e. The van der Waals surface area contributed by atoms with E-state index in [4.69, 9.17) is 5.73 Å². The summed E-state index contributed by atoms with van der Waals surface area (Å²) in [5.74, 6) is -0.376. The molecule has 2 fully saturated rings. The lowest BCUT2D eigenvalue weighted by molar-refractivity contribution is -0.154. The van der Waals surface area contributed by atoms with E-state index in [1.54, 1.807) is 11.8 Å². The molecule has 0 spiro atoms. The van der Waals surface area contributed by atoms with E-state index < -0.39 is 11.4 Å². The first-order chi connectivity index (χ1) is 8.98. The van der Waals surface area contributed by atoms with Gasteiger partial charge in [0.2, 0.25) is 5.91 Å². The molecule has 3 unspecified atom stereocenters. The molecule has 0 radical (unpaired) electrons. The Kier molecular flexibility index (Phi) is 4.13. The van der Waals surface area contributed by atoms with Crippen molar-refractivity contribution < 1.29 is 14.7 Å². The fourth-order valence-corrected chi connectivity index (χ4v) is 3.48. The predicted octanol–water partition coefficient (Wildman–Crippen LogP) is 1.07. The summed E-state index contributed by atoms with van der Waals surface area (Å²) in [6.07, 6.45) is 4.41. The molecule has 3 N–H and O–H groups in total. The number of aliphatic carboxylic acids is 1. The van der Waals surface area contributed by atoms with E-state index in [9.17, 15) is 14.7 Å². The van der Waals surface area contributed by atoms with Gasteiger partial charge >= 0.3 is 5.97 Å². The van der Waals surface area contributed by atoms with Crippen molar-refractivity contribution in [3.05, 3.63) is 0 Å². The molecule has 108 valence electrons. The summed E-state index contributed by atoms with van der Waals surface area (Å²) in [5.41, 5.74) is 4.94. The number of nitrogens with two attached hydrogens (primary N) is 1. The van der Waals surface area contributed by atoms with Gasteiger partial charge in [-0.25, -0.2) is 0 Å². The van der Waals surface area contributed by atoms with Gasteiger partial charge in [0.25, 0.3) is 0 Å². The number of carboxylic acid groups (broad SMARTS) is 1. The topological polar surface area (TPSA) is 83.6 Å². The molecule has 0 bridgehead atoms. The summed E-state index contributed by atoms with van der Waals surface area (Å²) >= 11 is 0. The molecule has 1 aliphatic heterocycles. The van der Waals surface area contributed by atoms with E-state index in [2.05, 4.69) is 0 Å². The molecule has 1 aliphatic carbocycles. The van der Waals surface area contributed by atoms with Gasteiger partial charge < -0.3 is 15.7 Å². The predicted molar refractivity (Wildman–Crippen MR) is 71.4 cm³/mol. The standard InChI is InChI=1S/C14H24N2O3/c1-14(13(18)19)6-3-7-16(9-14)12(17)11-5-2-4-10(11)8-15/h10-11H,2-9,15H2,1H3,(H,18,19). The van der Waals surface area contributed by atoms with Gasteiger partial charge in [-0.1, -0.05) is 6.42 Å². The Labute approximate surface area is 114 Å². The van der Waals surface area contributed by atoms with Crippen LogP contribution in [0.3, 0.4) is 0 Å². The highest BCUT2D eigenvalue weighted by molar-refractivity contribution is 5.81. The van der Waals surface area contributed by atoms with Crippen LogP contribution in [-0.2, 0) is 9.59 Å². The molecule has 5 heteroatoms. The van der Waals surface area contributed by atoms with Crippen LogP contribution in [0.15, 0.2) is 0 Å². The van der Waals surface area contributed by atoms with Gasteiger partial charge in [-0.05, 0) is 45.1 Å². The van der Waals surface area contributed by atoms with E-state index in [1.807, 2.05) is 0 Å². The number of hydrogen-bond acceptors (Lipinski definition) is 3. The summed E-state index contributed by atoms with van der Waals surface area (Å²) in [7, 11) is 0. The Balaban J connectivity index is 2.05. The molecule has 0 aromatic rings. The molecule has 5 nitrogen and oxygen atoms in total. The molecule has 0 aromatic carbocycles. The molecular formula is C14H24N2O3. The maximum Gasteiger partial charge on any atom is 0.311 e. The van der Waals surface area contributed by atoms with Crippen LogP contribution in [0, 0.1) is 17.3 Å². The number of hydrogen-bond donors (Lipinski definition) is 2. The second-order valence-corrected chi connectivity index (χ2v) is 6.26. The Morgan fingerprint density at radius 1 is 1.37 bits per heavy atom. The van der Waals surface area contributed by atoms with Crippen LogP contribution in [0.25, 0.3) is 0 Å². The van der Waals surface area contributed by atoms with Crippen molar-refractivity contribution in [2.75, 3.05) is 19.6 Å². The third-order valence-corrected chi connectivity index (χ3v) is 4.80. The van der Waals surface area contributed by atoms with Gasteiger partial charge in [0, 0.05) is 19.0 Å². The van der Waals surface area contributed by atoms with Crippen molar-refractivity contribution >= 4 is 11.9 Å². The molecule has 3 atom stereocenters. The van der Waals surface area contributed by atoms with E-state index >= 15 is 0 Å². The van der Waals surface area contributed by atoms with Gasteiger partial charge in [0.1, 0.15) is 0 Å². The van der Waals surface area contributed by atoms with Crippen molar-refractivity contribution in [2.24, 2.45) is 23.0 Å². The largest absolute Gasteiger partial charge is 0.481 e. The van der Waals surface area contributed by atoms with E-state index in [0.29, 0.717) is 26.1 Å². The third kappa shape index (κ3) is 2.76. The monoisotopic (exact) mass is 268 g/mol. The first-order valence-electron chi connectivity index (χ1n) is 7.20. The lowest BCUT2D eigenvalue weighted by atomic mass is 9.81. The molecule has 1 saturated heterocycles. The minimum absolute atomic E-state index is 0.0149. The first-order valence-corrected chi connectivity index (χ1v) is 7.20. The van der Waals surface area contributed by atoms with Crippen LogP contribution in [0.4, 0.5) is 0 Å². The molecule has 19 heavy (non-hydrogen) atoms. The fraction of sp³-hybridized carbons (Fsp3) is 0.857. The lowest BCUT2D eigenvalue weighted by Gasteiger charge is -2.39. The normalized spacial score (nSPS) is 35.4. The van der Waals surface area contributed by atoms with Gasteiger partial charge in [-0.2, -0.15) is 0 Å². The molecule has 0 aromatic heterocycles. The number of likely N-dealkylation sites (tertiary alicyclic amines) is 1. The van der Waals surface area contributed by atoms with E-state index in [1.165, 1.54) is 0 Å². The second-order valence-electron chi connectivity index (χ2n) is 6.26. The number of nitrogens with zero attached hydrogens (tertiary/aromatic N) is 1. The number of amides is 1. The van der Waals surface area contributed by atoms with Crippen LogP contribution in [-0.4, -0.2) is 41.5 Å². The van der Waals surface area contributed by atoms with Gasteiger partial charge in [-0.3, -0.25) is 9.59 Å². The highest BCUT2D eigenvalue weighted by Crippen LogP contribution is 2.35. The van der Waals surface area contributed by atoms with Gasteiger partial charge in [0.15, 0.2) is 0 Å². The van der Waals surface area contributed by atoms with Crippen molar-refractivity contribution in [3.63, 3.8) is 0 Å². The zero-order valence-electron chi connectivity index (χ0n) is 11.6. The quantitative estimate of drug-likeness (QED) is 0.802. The maximum atomic E-state index is 12.6. The van der Waals surface area contributed by atoms with E-state index in [0.717, 1.165) is 25.7 Å². The average molecular weight is 268 g/mol. The Hall–Kier alpha value is -1.10. The number of carbonyl (C=O) groups is 2. The summed E-state index contributed by atoms with van der Waals surface area (Å²) in [6.45, 7) is 3.33. The second kappa shape index (κ2) is 5.49. The minimum atomic E-state index is -0.799. The van der Waals surface area contributed by atoms with Gasteiger partial charge in [-0.15, -0.1) is 0 Å². The minimum Gasteiger partial charge on any atom is -0.481 e. The Bertz CT molecular complexity index is 372. The van der Waals surface area contributed by atoms with Crippen molar-refractivity contribution in [1.82, 2.24) is 4.90 Å². The highest BCUT2D eigenvalue weighted by atomic mass is 16.4. The van der Waals surface area contributed by atoms with Crippen LogP contribution < -0.4 is 5.73 Å². The first kappa shape index (κ1) is 14.3. The SMILES string of the molecule is CC1(C(=O)O)CCCN(C(=O)C2CCCC2CN)C1. The third-order valence-electron chi connectivity index (χ3n) is 4.80. The summed E-state index contributed by atoms with van der Waals surface area (Å²) in [6, 6.07) is 0. The molecule has 2 aliphatic rings. The zero-order chi connectivity index (χ0) is 14.0. The van der Waals surface area contributed by atoms with Crippen molar-refractivity contribution in [3.8, 4) is 0 Å². The number of carbonyl (C=O) groups excluding carboxylic acids is 1. The van der Waals surface area contributed by atoms with Crippen LogP contribution in [0.2, 0.25) is 0 Å². The average Bonchev–Trinajstić information content (AvgIpc) is 2.86. The van der Waals surface area contributed by atoms with Crippen molar-refractivity contribution in [1.29, 1.82) is 0 Å². The molecule has 1 saturated carbocycles. The summed E-state index contributed by atoms with van der Waals surface area (Å²) in [4.78, 5) is 25.6. The maximum absolute atomic E-state index is 12.6. The Morgan fingerprint density at radius 2 is 2.11 bits per heavy atom. The molecular weight excluding hydrogens is 244 g/mol. The lowest BCUT2D eigenvalue weighted by Crippen LogP contribution is -2.50. The number of piperidine rings is 1. The van der Waals surface area contributed by atoms with Crippen LogP contribution in [0.5, 0.6) is 0 Å². The van der Waals surface area contributed by atoms with Crippen LogP contribution in [0.1, 0.15) is 39.0 Å². The Morgan fingerprint density at radius 3 is 2.74 bits per heavy atom. The number of carboxylic acids is 1. The molecule has 1 amide bonds. The number of rotatable bonds is 3. The summed E-state index contributed by atoms with van der Waals surface area (Å²) in [5, 5.41) is 9.30. The van der Waals surface area contributed by atoms with Crippen LogP contribution >= 0.6 is 0 Å². The molecule has 1 heterocycles.